The number of rotatable bonds is 16. The molecule has 0 amide bonds. The summed E-state index contributed by atoms with van der Waals surface area (Å²) in [5, 5.41) is 34.5. The van der Waals surface area contributed by atoms with Crippen LogP contribution in [0.4, 0.5) is 0 Å². The van der Waals surface area contributed by atoms with Gasteiger partial charge in [-0.05, 0) is 156 Å². The average Bonchev–Trinajstić information content (AvgIpc) is 0.843. The minimum absolute atomic E-state index is 0.289. The quantitative estimate of drug-likeness (QED) is 0.0569. The van der Waals surface area contributed by atoms with E-state index in [2.05, 4.69) is 400 Å². The van der Waals surface area contributed by atoms with Gasteiger partial charge in [-0.25, -0.2) is 9.59 Å². The molecule has 0 aliphatic heterocycles. The van der Waals surface area contributed by atoms with E-state index in [0.717, 1.165) is 16.7 Å². The summed E-state index contributed by atoms with van der Waals surface area (Å²) in [6, 6.07) is 148. The molecule has 15 aromatic rings. The Kier molecular flexibility index (Phi) is 31.6. The van der Waals surface area contributed by atoms with Crippen molar-refractivity contribution in [3.05, 3.63) is 452 Å². The summed E-state index contributed by atoms with van der Waals surface area (Å²) in [6.07, 6.45) is 0. The Morgan fingerprint density at radius 1 is 0.241 bits per heavy atom. The fourth-order valence-corrected chi connectivity index (χ4v) is 21.0. The Balaban J connectivity index is 0.000000139. The number of carbonyl (C=O) groups is 2. The lowest BCUT2D eigenvalue weighted by molar-refractivity contribution is 0.0591. The minimum Gasteiger partial charge on any atom is -0.465 e. The molecule has 15 aromatic carbocycles. The van der Waals surface area contributed by atoms with Crippen molar-refractivity contribution in [1.82, 2.24) is 0 Å². The zero-order valence-electron chi connectivity index (χ0n) is 61.3. The summed E-state index contributed by atoms with van der Waals surface area (Å²) in [4.78, 5) is 22.7. The lowest BCUT2D eigenvalue weighted by Gasteiger charge is -2.18. The lowest BCUT2D eigenvalue weighted by atomic mass is 9.79. The van der Waals surface area contributed by atoms with Crippen molar-refractivity contribution < 1.29 is 29.1 Å². The fourth-order valence-electron chi connectivity index (χ4n) is 11.8. The molecule has 0 atom stereocenters. The molecule has 0 bridgehead atoms. The van der Waals surface area contributed by atoms with Crippen LogP contribution in [0.5, 0.6) is 0 Å². The van der Waals surface area contributed by atoms with Crippen molar-refractivity contribution >= 4 is 120 Å². The molecule has 0 radical (unpaired) electrons. The molecule has 0 heterocycles. The number of hydrogen-bond acceptors (Lipinski definition) is 6. The number of hydrogen-bond donors (Lipinski definition) is 2. The highest BCUT2D eigenvalue weighted by Gasteiger charge is 2.20. The van der Waals surface area contributed by atoms with E-state index < -0.39 is 44.8 Å². The predicted octanol–water partition coefficient (Wildman–Crippen LogP) is 17.0. The van der Waals surface area contributed by atoms with Crippen LogP contribution < -0.4 is 69.1 Å². The third kappa shape index (κ3) is 23.5. The van der Waals surface area contributed by atoms with Crippen molar-refractivity contribution in [2.24, 2.45) is 0 Å². The van der Waals surface area contributed by atoms with Crippen LogP contribution in [-0.2, 0) is 9.47 Å². The number of methoxy groups -OCH3 is 2. The molecule has 0 aromatic heterocycles. The Morgan fingerprint density at radius 2 is 0.426 bits per heavy atom. The Labute approximate surface area is 643 Å². The molecule has 534 valence electrons. The van der Waals surface area contributed by atoms with Crippen molar-refractivity contribution in [2.75, 3.05) is 14.2 Å². The van der Waals surface area contributed by atoms with E-state index in [4.69, 9.17) is 14.8 Å². The lowest BCUT2D eigenvalue weighted by Crippen LogP contribution is -2.30. The molecule has 11 heteroatoms. The van der Waals surface area contributed by atoms with Crippen LogP contribution in [0.2, 0.25) is 0 Å². The van der Waals surface area contributed by atoms with Gasteiger partial charge in [0.2, 0.25) is 0 Å². The second kappa shape index (κ2) is 42.9. The number of carbonyl (C=O) groups excluding carboxylic acids is 2. The van der Waals surface area contributed by atoms with Gasteiger partial charge in [0.15, 0.2) is 0 Å². The number of esters is 2. The van der Waals surface area contributed by atoms with Gasteiger partial charge in [0.25, 0.3) is 0 Å². The largest absolute Gasteiger partial charge is 0.488 e. The van der Waals surface area contributed by atoms with Crippen LogP contribution >= 0.6 is 31.7 Å². The highest BCUT2D eigenvalue weighted by molar-refractivity contribution is 7.81. The summed E-state index contributed by atoms with van der Waals surface area (Å²) in [5.41, 5.74) is 6.49. The zero-order valence-corrected chi connectivity index (χ0v) is 64.9. The molecule has 2 N–H and O–H groups in total. The Morgan fingerprint density at radius 3 is 0.602 bits per heavy atom. The molecule has 0 saturated heterocycles. The topological polar surface area (TPSA) is 93.1 Å². The van der Waals surface area contributed by atoms with Gasteiger partial charge in [-0.15, -0.1) is 0 Å². The first-order chi connectivity index (χ1) is 53.0. The standard InChI is InChI=1S/4C18H15P.C16H16O2.C9H11BO4/c4*1-4-10-16(11-5-1)19(17-12-6-2-7-13-17)18-14-8-3-9-15-18;1-11-4-6-13(7-5-11)14-8-9-15(12(2)10-14)16(17)18-3;1-6-5-7(10(12)13)3-4-8(6)9(11)14-2/h4*1-15H;4-10H,1-3H3;3-5,12-13H,1-2H3. The highest BCUT2D eigenvalue weighted by Crippen LogP contribution is 2.36. The second-order valence-corrected chi connectivity index (χ2v) is 33.6. The van der Waals surface area contributed by atoms with E-state index in [0.29, 0.717) is 22.2 Å². The maximum absolute atomic E-state index is 11.5. The number of benzene rings is 15. The number of ether oxygens (including phenoxy) is 2. The first-order valence-corrected chi connectivity index (χ1v) is 41.0. The van der Waals surface area contributed by atoms with Crippen LogP contribution in [0.25, 0.3) is 11.1 Å². The molecule has 0 aliphatic carbocycles. The fraction of sp³-hybridized carbons (Fsp3) is 0.0515. The zero-order chi connectivity index (χ0) is 75.5. The molecule has 0 unspecified atom stereocenters. The first kappa shape index (κ1) is 79.5. The van der Waals surface area contributed by atoms with Crippen LogP contribution in [-0.4, -0.2) is 43.3 Å². The average molecular weight is 1480 g/mol. The van der Waals surface area contributed by atoms with E-state index in [9.17, 15) is 9.59 Å². The smallest absolute Gasteiger partial charge is 0.465 e. The summed E-state index contributed by atoms with van der Waals surface area (Å²) < 4.78 is 9.29. The third-order valence-corrected chi connectivity index (χ3v) is 26.9. The van der Waals surface area contributed by atoms with Crippen LogP contribution in [0.3, 0.4) is 0 Å². The van der Waals surface area contributed by atoms with Crippen molar-refractivity contribution in [3.63, 3.8) is 0 Å². The molecule has 0 fully saturated rings. The molecule has 15 rings (SSSR count). The summed E-state index contributed by atoms with van der Waals surface area (Å²) in [6.45, 7) is 5.69. The molecule has 0 aliphatic rings. The van der Waals surface area contributed by atoms with E-state index in [1.807, 2.05) is 25.1 Å². The van der Waals surface area contributed by atoms with Crippen molar-refractivity contribution in [3.8, 4) is 11.1 Å². The SMILES string of the molecule is COC(=O)c1ccc(-c2ccc(C)cc2)cc1C.COC(=O)c1ccc(B(O)O)cc1C.c1ccc(P(c2ccccc2)c2ccccc2)cc1.c1ccc(P(c2ccccc2)c2ccccc2)cc1.c1ccc(P(c2ccccc2)c2ccccc2)cc1.c1ccc(P(c2ccccc2)c2ccccc2)cc1. The van der Waals surface area contributed by atoms with Gasteiger partial charge in [0.1, 0.15) is 0 Å². The molecule has 108 heavy (non-hydrogen) atoms. The molecular formula is C97H87BO6P4. The van der Waals surface area contributed by atoms with Crippen LogP contribution in [0.15, 0.2) is 425 Å². The van der Waals surface area contributed by atoms with Crippen LogP contribution in [0, 0.1) is 20.8 Å². The summed E-state index contributed by atoms with van der Waals surface area (Å²) in [7, 11) is -0.597. The third-order valence-electron chi connectivity index (χ3n) is 17.1. The van der Waals surface area contributed by atoms with Crippen molar-refractivity contribution in [2.45, 2.75) is 20.8 Å². The number of aryl methyl sites for hydroxylation is 3. The highest BCUT2D eigenvalue weighted by atomic mass is 31.1. The van der Waals surface area contributed by atoms with Gasteiger partial charge in [-0.1, -0.05) is 418 Å². The molecule has 0 saturated carbocycles. The van der Waals surface area contributed by atoms with Gasteiger partial charge in [0.05, 0.1) is 25.3 Å². The van der Waals surface area contributed by atoms with E-state index in [-0.39, 0.29) is 5.97 Å². The Hall–Kier alpha value is -11.1. The van der Waals surface area contributed by atoms with E-state index in [1.165, 1.54) is 102 Å². The van der Waals surface area contributed by atoms with Gasteiger partial charge in [-0.2, -0.15) is 0 Å². The van der Waals surface area contributed by atoms with Gasteiger partial charge >= 0.3 is 19.1 Å². The normalized spacial score (nSPS) is 10.4. The van der Waals surface area contributed by atoms with E-state index >= 15 is 0 Å². The van der Waals surface area contributed by atoms with Crippen LogP contribution in [0.1, 0.15) is 37.4 Å². The first-order valence-electron chi connectivity index (χ1n) is 35.6. The second-order valence-electron chi connectivity index (χ2n) is 24.7. The van der Waals surface area contributed by atoms with Crippen molar-refractivity contribution in [1.29, 1.82) is 0 Å². The summed E-state index contributed by atoms with van der Waals surface area (Å²) in [5.74, 6) is -0.718. The van der Waals surface area contributed by atoms with Gasteiger partial charge < -0.3 is 19.5 Å². The Bertz CT molecular complexity index is 4220. The maximum Gasteiger partial charge on any atom is 0.488 e. The van der Waals surface area contributed by atoms with E-state index in [1.54, 1.807) is 6.92 Å². The molecular weight excluding hydrogens is 1400 g/mol. The minimum atomic E-state index is -1.51. The van der Waals surface area contributed by atoms with Gasteiger partial charge in [-0.3, -0.25) is 0 Å². The molecule has 6 nitrogen and oxygen atoms in total. The summed E-state index contributed by atoms with van der Waals surface area (Å²) >= 11 is 0. The molecule has 0 spiro atoms. The monoisotopic (exact) mass is 1480 g/mol. The maximum atomic E-state index is 11.5. The predicted molar refractivity (Wildman–Crippen MR) is 466 cm³/mol. The van der Waals surface area contributed by atoms with Gasteiger partial charge in [0, 0.05) is 0 Å².